The van der Waals surface area contributed by atoms with E-state index >= 15 is 0 Å². The Morgan fingerprint density at radius 3 is 2.54 bits per heavy atom. The van der Waals surface area contributed by atoms with Crippen molar-refractivity contribution in [3.63, 3.8) is 0 Å². The lowest BCUT2D eigenvalue weighted by atomic mass is 10.1. The van der Waals surface area contributed by atoms with Gasteiger partial charge in [-0.1, -0.05) is 6.07 Å². The molecule has 0 aliphatic heterocycles. The van der Waals surface area contributed by atoms with Crippen LogP contribution in [0.2, 0.25) is 0 Å². The normalized spacial score (nSPS) is 10.3. The van der Waals surface area contributed by atoms with E-state index in [1.807, 2.05) is 0 Å². The number of benzene rings is 1. The number of rotatable bonds is 7. The Kier molecular flexibility index (Phi) is 6.48. The van der Waals surface area contributed by atoms with Gasteiger partial charge in [0, 0.05) is 25.7 Å². The fourth-order valence-electron chi connectivity index (χ4n) is 2.15. The minimum Gasteiger partial charge on any atom is -0.459 e. The summed E-state index contributed by atoms with van der Waals surface area (Å²) in [6.45, 7) is 1.83. The van der Waals surface area contributed by atoms with Crippen LogP contribution in [0.3, 0.4) is 0 Å². The molecule has 3 amide bonds. The topological polar surface area (TPSA) is 91.7 Å². The molecular weight excluding hydrogens is 341 g/mol. The molecule has 0 unspecified atom stereocenters. The number of hydrogen-bond donors (Lipinski definition) is 2. The first-order valence-corrected chi connectivity index (χ1v) is 7.98. The van der Waals surface area contributed by atoms with E-state index in [-0.39, 0.29) is 36.9 Å². The Bertz CT molecular complexity index is 790. The molecule has 1 aromatic carbocycles. The fraction of sp³-hybridized carbons (Fsp3) is 0.278. The summed E-state index contributed by atoms with van der Waals surface area (Å²) in [6, 6.07) is 7.32. The number of hydrogen-bond acceptors (Lipinski definition) is 4. The second-order valence-corrected chi connectivity index (χ2v) is 5.71. The molecule has 2 rings (SSSR count). The van der Waals surface area contributed by atoms with E-state index in [4.69, 9.17) is 4.42 Å². The molecule has 2 N–H and O–H groups in total. The average molecular weight is 361 g/mol. The summed E-state index contributed by atoms with van der Waals surface area (Å²) in [7, 11) is 1.48. The molecule has 2 aromatic rings. The van der Waals surface area contributed by atoms with Crippen LogP contribution in [-0.4, -0.2) is 49.3 Å². The Morgan fingerprint density at radius 1 is 1.15 bits per heavy atom. The number of nitrogens with one attached hydrogen (secondary N) is 2. The van der Waals surface area contributed by atoms with E-state index in [2.05, 4.69) is 10.6 Å². The third-order valence-electron chi connectivity index (χ3n) is 3.63. The van der Waals surface area contributed by atoms with E-state index in [1.165, 1.54) is 42.5 Å². The van der Waals surface area contributed by atoms with Crippen molar-refractivity contribution in [1.29, 1.82) is 0 Å². The molecule has 138 valence electrons. The highest BCUT2D eigenvalue weighted by Crippen LogP contribution is 2.08. The van der Waals surface area contributed by atoms with Gasteiger partial charge in [0.1, 0.15) is 5.82 Å². The SMILES string of the molecule is Cc1ccc(C(=O)NCCNC(=O)CN(C)C(=O)c2ccco2)cc1F. The van der Waals surface area contributed by atoms with E-state index in [0.29, 0.717) is 5.56 Å². The molecule has 8 heteroatoms. The summed E-state index contributed by atoms with van der Waals surface area (Å²) in [5, 5.41) is 5.17. The van der Waals surface area contributed by atoms with Crippen molar-refractivity contribution in [2.24, 2.45) is 0 Å². The third-order valence-corrected chi connectivity index (χ3v) is 3.63. The van der Waals surface area contributed by atoms with Crippen LogP contribution in [0.15, 0.2) is 41.0 Å². The number of aryl methyl sites for hydroxylation is 1. The summed E-state index contributed by atoms with van der Waals surface area (Å²) in [5.41, 5.74) is 0.672. The highest BCUT2D eigenvalue weighted by atomic mass is 19.1. The molecular formula is C18H20FN3O4. The number of amides is 3. The van der Waals surface area contributed by atoms with Gasteiger partial charge in [-0.05, 0) is 36.8 Å². The quantitative estimate of drug-likeness (QED) is 0.728. The monoisotopic (exact) mass is 361 g/mol. The largest absolute Gasteiger partial charge is 0.459 e. The summed E-state index contributed by atoms with van der Waals surface area (Å²) in [5.74, 6) is -1.50. The first-order valence-electron chi connectivity index (χ1n) is 7.98. The van der Waals surface area contributed by atoms with Crippen LogP contribution in [0, 0.1) is 12.7 Å². The fourth-order valence-corrected chi connectivity index (χ4v) is 2.15. The second kappa shape index (κ2) is 8.80. The molecule has 0 aliphatic rings. The lowest BCUT2D eigenvalue weighted by Crippen LogP contribution is -2.41. The molecule has 7 nitrogen and oxygen atoms in total. The van der Waals surface area contributed by atoms with Crippen LogP contribution in [0.4, 0.5) is 4.39 Å². The molecule has 1 heterocycles. The molecule has 0 aliphatic carbocycles. The minimum absolute atomic E-state index is 0.142. The van der Waals surface area contributed by atoms with Crippen molar-refractivity contribution in [2.75, 3.05) is 26.7 Å². The van der Waals surface area contributed by atoms with Crippen molar-refractivity contribution in [3.8, 4) is 0 Å². The molecule has 0 spiro atoms. The Labute approximate surface area is 150 Å². The van der Waals surface area contributed by atoms with Crippen LogP contribution < -0.4 is 10.6 Å². The van der Waals surface area contributed by atoms with Gasteiger partial charge in [0.25, 0.3) is 11.8 Å². The van der Waals surface area contributed by atoms with E-state index in [1.54, 1.807) is 13.0 Å². The average Bonchev–Trinajstić information content (AvgIpc) is 3.14. The zero-order chi connectivity index (χ0) is 19.1. The summed E-state index contributed by atoms with van der Waals surface area (Å²) in [4.78, 5) is 36.9. The van der Waals surface area contributed by atoms with Crippen molar-refractivity contribution in [1.82, 2.24) is 15.5 Å². The van der Waals surface area contributed by atoms with E-state index in [9.17, 15) is 18.8 Å². The van der Waals surface area contributed by atoms with Gasteiger partial charge in [0.15, 0.2) is 5.76 Å². The van der Waals surface area contributed by atoms with Crippen molar-refractivity contribution >= 4 is 17.7 Å². The summed E-state index contributed by atoms with van der Waals surface area (Å²) >= 11 is 0. The lowest BCUT2D eigenvalue weighted by molar-refractivity contribution is -0.121. The van der Waals surface area contributed by atoms with Gasteiger partial charge in [-0.25, -0.2) is 4.39 Å². The van der Waals surface area contributed by atoms with Crippen LogP contribution in [0.25, 0.3) is 0 Å². The molecule has 1 aromatic heterocycles. The molecule has 0 saturated carbocycles. The van der Waals surface area contributed by atoms with Gasteiger partial charge >= 0.3 is 0 Å². The number of halogens is 1. The molecule has 0 atom stereocenters. The summed E-state index contributed by atoms with van der Waals surface area (Å²) in [6.07, 6.45) is 1.38. The number of likely N-dealkylation sites (N-methyl/N-ethyl adjacent to an activating group) is 1. The van der Waals surface area contributed by atoms with Crippen LogP contribution in [0.1, 0.15) is 26.5 Å². The van der Waals surface area contributed by atoms with Gasteiger partial charge in [-0.3, -0.25) is 14.4 Å². The Morgan fingerprint density at radius 2 is 1.88 bits per heavy atom. The lowest BCUT2D eigenvalue weighted by Gasteiger charge is -2.15. The van der Waals surface area contributed by atoms with E-state index < -0.39 is 17.6 Å². The predicted molar refractivity (Wildman–Crippen MR) is 92.1 cm³/mol. The van der Waals surface area contributed by atoms with Gasteiger partial charge in [0.2, 0.25) is 5.91 Å². The first-order chi connectivity index (χ1) is 12.4. The van der Waals surface area contributed by atoms with E-state index in [0.717, 1.165) is 0 Å². The second-order valence-electron chi connectivity index (χ2n) is 5.71. The van der Waals surface area contributed by atoms with Gasteiger partial charge in [-0.2, -0.15) is 0 Å². The van der Waals surface area contributed by atoms with Crippen LogP contribution in [0.5, 0.6) is 0 Å². The third kappa shape index (κ3) is 5.17. The standard InChI is InChI=1S/C18H20FN3O4/c1-12-5-6-13(10-14(12)19)17(24)21-8-7-20-16(23)11-22(2)18(25)15-4-3-9-26-15/h3-6,9-10H,7-8,11H2,1-2H3,(H,20,23)(H,21,24). The molecule has 26 heavy (non-hydrogen) atoms. The van der Waals surface area contributed by atoms with Crippen molar-refractivity contribution in [2.45, 2.75) is 6.92 Å². The Hall–Kier alpha value is -3.16. The van der Waals surface area contributed by atoms with Crippen molar-refractivity contribution < 1.29 is 23.2 Å². The molecule has 0 saturated heterocycles. The maximum atomic E-state index is 13.4. The number of carbonyl (C=O) groups is 3. The molecule has 0 fully saturated rings. The van der Waals surface area contributed by atoms with Gasteiger partial charge in [-0.15, -0.1) is 0 Å². The predicted octanol–water partition coefficient (Wildman–Crippen LogP) is 1.35. The van der Waals surface area contributed by atoms with Crippen molar-refractivity contribution in [3.05, 3.63) is 59.3 Å². The first kappa shape index (κ1) is 19.2. The maximum Gasteiger partial charge on any atom is 0.289 e. The Balaban J connectivity index is 1.70. The zero-order valence-corrected chi connectivity index (χ0v) is 14.5. The number of nitrogens with zero attached hydrogens (tertiary/aromatic N) is 1. The molecule has 0 radical (unpaired) electrons. The highest BCUT2D eigenvalue weighted by molar-refractivity contribution is 5.94. The smallest absolute Gasteiger partial charge is 0.289 e. The van der Waals surface area contributed by atoms with Crippen LogP contribution in [-0.2, 0) is 4.79 Å². The van der Waals surface area contributed by atoms with Gasteiger partial charge < -0.3 is 20.0 Å². The van der Waals surface area contributed by atoms with Gasteiger partial charge in [0.05, 0.1) is 12.8 Å². The minimum atomic E-state index is -0.449. The van der Waals surface area contributed by atoms with Crippen LogP contribution >= 0.6 is 0 Å². The number of carbonyl (C=O) groups excluding carboxylic acids is 3. The zero-order valence-electron chi connectivity index (χ0n) is 14.5. The number of furan rings is 1. The summed E-state index contributed by atoms with van der Waals surface area (Å²) < 4.78 is 18.4. The maximum absolute atomic E-state index is 13.4. The highest BCUT2D eigenvalue weighted by Gasteiger charge is 2.16. The molecule has 0 bridgehead atoms.